The molecule has 0 saturated carbocycles. The van der Waals surface area contributed by atoms with E-state index < -0.39 is 0 Å². The second-order valence-electron chi connectivity index (χ2n) is 4.42. The predicted octanol–water partition coefficient (Wildman–Crippen LogP) is 2.13. The molecule has 4 aromatic heterocycles. The maximum Gasteiger partial charge on any atom is 0.235 e. The molecule has 4 heterocycles. The molecule has 0 aromatic carbocycles. The highest BCUT2D eigenvalue weighted by atomic mass is 32.1. The van der Waals surface area contributed by atoms with Crippen molar-refractivity contribution >= 4 is 16.3 Å². The zero-order valence-corrected chi connectivity index (χ0v) is 12.0. The van der Waals surface area contributed by atoms with E-state index in [1.54, 1.807) is 10.7 Å². The average Bonchev–Trinajstić information content (AvgIpc) is 3.22. The van der Waals surface area contributed by atoms with Crippen LogP contribution in [-0.2, 0) is 6.54 Å². The molecule has 0 N–H and O–H groups in total. The van der Waals surface area contributed by atoms with Crippen molar-refractivity contribution in [1.29, 1.82) is 0 Å². The highest BCUT2D eigenvalue weighted by Crippen LogP contribution is 2.26. The summed E-state index contributed by atoms with van der Waals surface area (Å²) in [6, 6.07) is 5.68. The van der Waals surface area contributed by atoms with Gasteiger partial charge in [0, 0.05) is 18.9 Å². The first-order valence-corrected chi connectivity index (χ1v) is 7.33. The van der Waals surface area contributed by atoms with Gasteiger partial charge in [0.25, 0.3) is 0 Å². The number of fused-ring (bicyclic) bond motifs is 1. The molecule has 0 aliphatic rings. The fourth-order valence-electron chi connectivity index (χ4n) is 2.04. The van der Waals surface area contributed by atoms with Crippen LogP contribution >= 0.6 is 11.3 Å². The molecule has 0 bridgehead atoms. The zero-order chi connectivity index (χ0) is 14.2. The summed E-state index contributed by atoms with van der Waals surface area (Å²) in [6.07, 6.45) is 5.52. The number of pyridine rings is 1. The Morgan fingerprint density at radius 1 is 1.24 bits per heavy atom. The minimum Gasteiger partial charge on any atom is -0.272 e. The molecule has 4 rings (SSSR count). The Kier molecular flexibility index (Phi) is 2.74. The summed E-state index contributed by atoms with van der Waals surface area (Å²) in [6.45, 7) is 2.89. The van der Waals surface area contributed by atoms with E-state index in [1.165, 1.54) is 11.3 Å². The van der Waals surface area contributed by atoms with Crippen molar-refractivity contribution in [3.63, 3.8) is 0 Å². The molecule has 0 aliphatic carbocycles. The van der Waals surface area contributed by atoms with Gasteiger partial charge in [0.15, 0.2) is 5.01 Å². The third-order valence-electron chi connectivity index (χ3n) is 3.09. The van der Waals surface area contributed by atoms with Crippen LogP contribution < -0.4 is 0 Å². The van der Waals surface area contributed by atoms with Crippen LogP contribution in [0.4, 0.5) is 0 Å². The van der Waals surface area contributed by atoms with Crippen LogP contribution in [0.25, 0.3) is 27.1 Å². The van der Waals surface area contributed by atoms with E-state index in [1.807, 2.05) is 35.3 Å². The molecule has 0 unspecified atom stereocenters. The summed E-state index contributed by atoms with van der Waals surface area (Å²) in [5.41, 5.74) is 1.74. The van der Waals surface area contributed by atoms with Gasteiger partial charge in [-0.15, -0.1) is 10.2 Å². The molecule has 0 saturated heterocycles. The van der Waals surface area contributed by atoms with Gasteiger partial charge in [-0.25, -0.2) is 0 Å². The first kappa shape index (κ1) is 12.2. The highest BCUT2D eigenvalue weighted by molar-refractivity contribution is 7.19. The van der Waals surface area contributed by atoms with Gasteiger partial charge in [-0.1, -0.05) is 17.4 Å². The first-order chi connectivity index (χ1) is 10.3. The van der Waals surface area contributed by atoms with Crippen molar-refractivity contribution in [1.82, 2.24) is 34.6 Å². The molecular weight excluding hydrogens is 286 g/mol. The number of aromatic nitrogens is 7. The van der Waals surface area contributed by atoms with Gasteiger partial charge >= 0.3 is 0 Å². The van der Waals surface area contributed by atoms with Crippen LogP contribution in [0.15, 0.2) is 36.8 Å². The summed E-state index contributed by atoms with van der Waals surface area (Å²) in [5.74, 6) is 0.649. The Bertz CT molecular complexity index is 890. The minimum atomic E-state index is 0.649. The van der Waals surface area contributed by atoms with Crippen LogP contribution in [0.3, 0.4) is 0 Å². The van der Waals surface area contributed by atoms with Crippen molar-refractivity contribution in [2.75, 3.05) is 0 Å². The number of hydrogen-bond acceptors (Lipinski definition) is 6. The smallest absolute Gasteiger partial charge is 0.235 e. The fraction of sp³-hybridized carbons (Fsp3) is 0.154. The fourth-order valence-corrected chi connectivity index (χ4v) is 2.85. The Morgan fingerprint density at radius 2 is 2.19 bits per heavy atom. The second-order valence-corrected chi connectivity index (χ2v) is 5.38. The van der Waals surface area contributed by atoms with Crippen LogP contribution in [-0.4, -0.2) is 34.6 Å². The predicted molar refractivity (Wildman–Crippen MR) is 78.8 cm³/mol. The van der Waals surface area contributed by atoms with E-state index in [9.17, 15) is 0 Å². The Hall–Kier alpha value is -2.61. The lowest BCUT2D eigenvalue weighted by Crippen LogP contribution is -1.93. The molecule has 0 aliphatic heterocycles. The van der Waals surface area contributed by atoms with E-state index in [0.717, 1.165) is 27.8 Å². The molecule has 21 heavy (non-hydrogen) atoms. The first-order valence-electron chi connectivity index (χ1n) is 6.51. The third kappa shape index (κ3) is 2.00. The normalized spacial score (nSPS) is 11.3. The van der Waals surface area contributed by atoms with Crippen molar-refractivity contribution in [3.8, 4) is 22.1 Å². The van der Waals surface area contributed by atoms with E-state index in [2.05, 4.69) is 32.3 Å². The van der Waals surface area contributed by atoms with Gasteiger partial charge in [0.2, 0.25) is 10.8 Å². The largest absolute Gasteiger partial charge is 0.272 e. The Morgan fingerprint density at radius 3 is 2.95 bits per heavy atom. The Labute approximate surface area is 123 Å². The van der Waals surface area contributed by atoms with Crippen LogP contribution in [0.2, 0.25) is 0 Å². The Balaban J connectivity index is 1.82. The molecule has 7 nitrogen and oxygen atoms in total. The molecule has 8 heteroatoms. The van der Waals surface area contributed by atoms with Gasteiger partial charge < -0.3 is 0 Å². The summed E-state index contributed by atoms with van der Waals surface area (Å²) in [4.78, 5) is 5.04. The second kappa shape index (κ2) is 4.74. The van der Waals surface area contributed by atoms with E-state index in [4.69, 9.17) is 0 Å². The van der Waals surface area contributed by atoms with E-state index >= 15 is 0 Å². The molecule has 4 aromatic rings. The van der Waals surface area contributed by atoms with Crippen molar-refractivity contribution in [3.05, 3.63) is 36.8 Å². The maximum absolute atomic E-state index is 4.58. The van der Waals surface area contributed by atoms with Gasteiger partial charge in [-0.3, -0.25) is 9.67 Å². The highest BCUT2D eigenvalue weighted by Gasteiger charge is 2.15. The summed E-state index contributed by atoms with van der Waals surface area (Å²) >= 11 is 1.49. The summed E-state index contributed by atoms with van der Waals surface area (Å²) in [5, 5.41) is 18.1. The number of aryl methyl sites for hydroxylation is 1. The SMILES string of the molecule is CCn1cc(-c2nn3c(-c4ccccn4)nnc3s2)cn1. The number of rotatable bonds is 3. The molecule has 104 valence electrons. The summed E-state index contributed by atoms with van der Waals surface area (Å²) in [7, 11) is 0. The van der Waals surface area contributed by atoms with Crippen molar-refractivity contribution in [2.24, 2.45) is 0 Å². The summed E-state index contributed by atoms with van der Waals surface area (Å²) < 4.78 is 3.60. The molecular formula is C13H11N7S. The molecule has 0 atom stereocenters. The van der Waals surface area contributed by atoms with Gasteiger partial charge in [0.1, 0.15) is 5.69 Å². The monoisotopic (exact) mass is 297 g/mol. The quantitative estimate of drug-likeness (QED) is 0.579. The maximum atomic E-state index is 4.58. The van der Waals surface area contributed by atoms with E-state index in [0.29, 0.717) is 5.82 Å². The van der Waals surface area contributed by atoms with Crippen LogP contribution in [0.5, 0.6) is 0 Å². The number of nitrogens with zero attached hydrogens (tertiary/aromatic N) is 7. The minimum absolute atomic E-state index is 0.649. The lowest BCUT2D eigenvalue weighted by molar-refractivity contribution is 0.660. The van der Waals surface area contributed by atoms with Gasteiger partial charge in [-0.05, 0) is 19.1 Å². The van der Waals surface area contributed by atoms with Gasteiger partial charge in [-0.2, -0.15) is 14.7 Å². The lowest BCUT2D eigenvalue weighted by atomic mass is 10.3. The molecule has 0 amide bonds. The van der Waals surface area contributed by atoms with Crippen LogP contribution in [0.1, 0.15) is 6.92 Å². The lowest BCUT2D eigenvalue weighted by Gasteiger charge is -1.94. The van der Waals surface area contributed by atoms with Gasteiger partial charge in [0.05, 0.1) is 11.8 Å². The molecule has 0 radical (unpaired) electrons. The van der Waals surface area contributed by atoms with Crippen molar-refractivity contribution < 1.29 is 0 Å². The average molecular weight is 297 g/mol. The van der Waals surface area contributed by atoms with E-state index in [-0.39, 0.29) is 0 Å². The van der Waals surface area contributed by atoms with Crippen LogP contribution in [0, 0.1) is 0 Å². The third-order valence-corrected chi connectivity index (χ3v) is 4.04. The van der Waals surface area contributed by atoms with Crippen molar-refractivity contribution in [2.45, 2.75) is 13.5 Å². The standard InChI is InChI=1S/C13H11N7S/c1-2-19-8-9(7-15-19)12-18-20-11(16-17-13(20)21-12)10-5-3-4-6-14-10/h3-8H,2H2,1H3. The zero-order valence-electron chi connectivity index (χ0n) is 11.2. The molecule has 0 fully saturated rings. The topological polar surface area (TPSA) is 73.8 Å². The molecule has 0 spiro atoms. The number of hydrogen-bond donors (Lipinski definition) is 0.